The summed E-state index contributed by atoms with van der Waals surface area (Å²) in [7, 11) is 0. The molecule has 2 saturated carbocycles. The number of halogens is 1. The van der Waals surface area contributed by atoms with Crippen LogP contribution in [-0.2, 0) is 4.79 Å². The van der Waals surface area contributed by atoms with Crippen LogP contribution in [0.5, 0.6) is 0 Å². The zero-order valence-corrected chi connectivity index (χ0v) is 12.5. The first-order valence-corrected chi connectivity index (χ1v) is 7.78. The molecule has 96 valence electrons. The minimum absolute atomic E-state index is 0.445. The number of hydrogen-bond donors (Lipinski definition) is 0. The quantitative estimate of drug-likeness (QED) is 0.690. The summed E-state index contributed by atoms with van der Waals surface area (Å²) in [5, 5.41) is 0. The van der Waals surface area contributed by atoms with Crippen molar-refractivity contribution in [3.8, 4) is 0 Å². The summed E-state index contributed by atoms with van der Waals surface area (Å²) in [4.78, 5) is 12.9. The third-order valence-electron chi connectivity index (χ3n) is 5.33. The first-order valence-electron chi connectivity index (χ1n) is 6.86. The lowest BCUT2D eigenvalue weighted by atomic mass is 9.61. The molecule has 0 N–H and O–H groups in total. The zero-order chi connectivity index (χ0) is 12.5. The Bertz CT molecular complexity index is 323. The number of fused-ring (bicyclic) bond motifs is 1. The smallest absolute Gasteiger partial charge is 0.120 e. The highest BCUT2D eigenvalue weighted by Crippen LogP contribution is 2.59. The number of aldehydes is 1. The monoisotopic (exact) mass is 298 g/mol. The van der Waals surface area contributed by atoms with E-state index in [0.717, 1.165) is 24.5 Å². The second-order valence-corrected chi connectivity index (χ2v) is 6.62. The summed E-state index contributed by atoms with van der Waals surface area (Å²) in [5.41, 5.74) is 2.06. The van der Waals surface area contributed by atoms with Crippen molar-refractivity contribution in [2.75, 3.05) is 0 Å². The Labute approximate surface area is 113 Å². The SMILES string of the molecule is C[C@H](CC=O)[C@H]1CC[C@H]2/C(=C\Br)CCC[C@]12C. The molecule has 2 aliphatic carbocycles. The molecule has 0 heterocycles. The Morgan fingerprint density at radius 3 is 2.94 bits per heavy atom. The molecule has 17 heavy (non-hydrogen) atoms. The predicted octanol–water partition coefficient (Wildman–Crippen LogP) is 4.71. The molecular weight excluding hydrogens is 276 g/mol. The molecule has 0 radical (unpaired) electrons. The summed E-state index contributed by atoms with van der Waals surface area (Å²) >= 11 is 3.54. The van der Waals surface area contributed by atoms with Crippen LogP contribution in [-0.4, -0.2) is 6.29 Å². The average Bonchev–Trinajstić information content (AvgIpc) is 2.66. The zero-order valence-electron chi connectivity index (χ0n) is 10.9. The van der Waals surface area contributed by atoms with Gasteiger partial charge in [0.15, 0.2) is 0 Å². The Morgan fingerprint density at radius 1 is 1.53 bits per heavy atom. The molecular formula is C15H23BrO. The minimum atomic E-state index is 0.445. The van der Waals surface area contributed by atoms with Gasteiger partial charge in [0.1, 0.15) is 6.29 Å². The Kier molecular flexibility index (Phi) is 4.12. The average molecular weight is 299 g/mol. The van der Waals surface area contributed by atoms with Crippen molar-refractivity contribution in [3.05, 3.63) is 10.6 Å². The van der Waals surface area contributed by atoms with E-state index < -0.39 is 0 Å². The topological polar surface area (TPSA) is 17.1 Å². The van der Waals surface area contributed by atoms with Crippen molar-refractivity contribution in [3.63, 3.8) is 0 Å². The van der Waals surface area contributed by atoms with Gasteiger partial charge in [-0.1, -0.05) is 35.4 Å². The van der Waals surface area contributed by atoms with Crippen molar-refractivity contribution in [2.24, 2.45) is 23.2 Å². The Balaban J connectivity index is 2.20. The lowest BCUT2D eigenvalue weighted by Gasteiger charge is -2.44. The molecule has 0 aliphatic heterocycles. The van der Waals surface area contributed by atoms with Crippen LogP contribution in [0.3, 0.4) is 0 Å². The third kappa shape index (κ3) is 2.25. The molecule has 2 heteroatoms. The molecule has 4 atom stereocenters. The van der Waals surface area contributed by atoms with Crippen LogP contribution in [0.1, 0.15) is 52.4 Å². The van der Waals surface area contributed by atoms with Gasteiger partial charge in [0.05, 0.1) is 0 Å². The van der Waals surface area contributed by atoms with Gasteiger partial charge in [0.25, 0.3) is 0 Å². The molecule has 2 fully saturated rings. The summed E-state index contributed by atoms with van der Waals surface area (Å²) in [6.07, 6.45) is 8.39. The fraction of sp³-hybridized carbons (Fsp3) is 0.800. The second kappa shape index (κ2) is 5.26. The highest BCUT2D eigenvalue weighted by atomic mass is 79.9. The van der Waals surface area contributed by atoms with Gasteiger partial charge < -0.3 is 4.79 Å². The fourth-order valence-electron chi connectivity index (χ4n) is 4.46. The van der Waals surface area contributed by atoms with Crippen LogP contribution in [0.4, 0.5) is 0 Å². The van der Waals surface area contributed by atoms with E-state index in [1.54, 1.807) is 5.57 Å². The maximum absolute atomic E-state index is 10.7. The van der Waals surface area contributed by atoms with Crippen LogP contribution in [0.2, 0.25) is 0 Å². The number of allylic oxidation sites excluding steroid dienone is 1. The molecule has 1 nitrogen and oxygen atoms in total. The van der Waals surface area contributed by atoms with Crippen LogP contribution >= 0.6 is 15.9 Å². The van der Waals surface area contributed by atoms with E-state index in [4.69, 9.17) is 0 Å². The van der Waals surface area contributed by atoms with E-state index in [2.05, 4.69) is 34.8 Å². The molecule has 0 bridgehead atoms. The van der Waals surface area contributed by atoms with Gasteiger partial charge in [-0.15, -0.1) is 0 Å². The number of carbonyl (C=O) groups is 1. The van der Waals surface area contributed by atoms with Crippen LogP contribution in [0, 0.1) is 23.2 Å². The highest BCUT2D eigenvalue weighted by molar-refractivity contribution is 9.11. The lowest BCUT2D eigenvalue weighted by molar-refractivity contribution is -0.109. The number of carbonyl (C=O) groups excluding carboxylic acids is 1. The summed E-state index contributed by atoms with van der Waals surface area (Å²) < 4.78 is 0. The largest absolute Gasteiger partial charge is 0.303 e. The van der Waals surface area contributed by atoms with Crippen LogP contribution in [0.25, 0.3) is 0 Å². The lowest BCUT2D eigenvalue weighted by Crippen LogP contribution is -2.36. The molecule has 0 amide bonds. The van der Waals surface area contributed by atoms with Crippen molar-refractivity contribution in [2.45, 2.75) is 52.4 Å². The van der Waals surface area contributed by atoms with Gasteiger partial charge in [0, 0.05) is 6.42 Å². The Hall–Kier alpha value is -0.110. The van der Waals surface area contributed by atoms with Gasteiger partial charge in [-0.05, 0) is 60.3 Å². The summed E-state index contributed by atoms with van der Waals surface area (Å²) in [5.74, 6) is 2.05. The predicted molar refractivity (Wildman–Crippen MR) is 75.0 cm³/mol. The first kappa shape index (κ1) is 13.3. The number of rotatable bonds is 3. The summed E-state index contributed by atoms with van der Waals surface area (Å²) in [6.45, 7) is 4.73. The Morgan fingerprint density at radius 2 is 2.29 bits per heavy atom. The van der Waals surface area contributed by atoms with E-state index in [1.165, 1.54) is 32.1 Å². The molecule has 0 unspecified atom stereocenters. The number of hydrogen-bond acceptors (Lipinski definition) is 1. The van der Waals surface area contributed by atoms with Gasteiger partial charge in [0.2, 0.25) is 0 Å². The van der Waals surface area contributed by atoms with Crippen molar-refractivity contribution < 1.29 is 4.79 Å². The standard InChI is InChI=1S/C15H23BrO/c1-11(7-9-17)13-5-6-14-12(10-16)4-3-8-15(13,14)2/h9-11,13-14H,3-8H2,1-2H3/b12-10-/t11-,13-,14+,15-/m1/s1. The summed E-state index contributed by atoms with van der Waals surface area (Å²) in [6, 6.07) is 0. The van der Waals surface area contributed by atoms with Gasteiger partial charge in [-0.25, -0.2) is 0 Å². The molecule has 0 saturated heterocycles. The molecule has 0 aromatic carbocycles. The van der Waals surface area contributed by atoms with Gasteiger partial charge in [-0.2, -0.15) is 0 Å². The second-order valence-electron chi connectivity index (χ2n) is 6.16. The molecule has 0 aromatic heterocycles. The van der Waals surface area contributed by atoms with E-state index >= 15 is 0 Å². The van der Waals surface area contributed by atoms with E-state index in [1.807, 2.05) is 0 Å². The molecule has 0 spiro atoms. The fourth-order valence-corrected chi connectivity index (χ4v) is 5.01. The van der Waals surface area contributed by atoms with Gasteiger partial charge in [-0.3, -0.25) is 0 Å². The molecule has 2 rings (SSSR count). The highest BCUT2D eigenvalue weighted by Gasteiger charge is 2.50. The van der Waals surface area contributed by atoms with Crippen molar-refractivity contribution in [1.82, 2.24) is 0 Å². The molecule has 2 aliphatic rings. The first-order chi connectivity index (χ1) is 8.13. The maximum Gasteiger partial charge on any atom is 0.120 e. The van der Waals surface area contributed by atoms with E-state index in [-0.39, 0.29) is 0 Å². The van der Waals surface area contributed by atoms with Crippen molar-refractivity contribution in [1.29, 1.82) is 0 Å². The molecule has 0 aromatic rings. The normalized spacial score (nSPS) is 41.2. The van der Waals surface area contributed by atoms with Gasteiger partial charge >= 0.3 is 0 Å². The third-order valence-corrected chi connectivity index (χ3v) is 5.92. The maximum atomic E-state index is 10.7. The van der Waals surface area contributed by atoms with E-state index in [9.17, 15) is 4.79 Å². The van der Waals surface area contributed by atoms with Crippen LogP contribution in [0.15, 0.2) is 10.6 Å². The van der Waals surface area contributed by atoms with E-state index in [0.29, 0.717) is 11.3 Å². The minimum Gasteiger partial charge on any atom is -0.303 e. The van der Waals surface area contributed by atoms with Crippen molar-refractivity contribution >= 4 is 22.2 Å². The van der Waals surface area contributed by atoms with Crippen LogP contribution < -0.4 is 0 Å².